The van der Waals surface area contributed by atoms with Crippen molar-refractivity contribution in [2.24, 2.45) is 4.99 Å². The monoisotopic (exact) mass is 372 g/mol. The lowest BCUT2D eigenvalue weighted by atomic mass is 9.82. The van der Waals surface area contributed by atoms with Gasteiger partial charge in [-0.05, 0) is 57.9 Å². The van der Waals surface area contributed by atoms with Crippen LogP contribution >= 0.6 is 0 Å². The normalized spacial score (nSPS) is 26.4. The Morgan fingerprint density at radius 2 is 2.04 bits per heavy atom. The van der Waals surface area contributed by atoms with Crippen molar-refractivity contribution in [3.63, 3.8) is 0 Å². The molecule has 2 unspecified atom stereocenters. The Kier molecular flexibility index (Phi) is 5.08. The highest BCUT2D eigenvalue weighted by atomic mass is 19.1. The lowest BCUT2D eigenvalue weighted by Crippen LogP contribution is -2.56. The first-order chi connectivity index (χ1) is 13.0. The third-order valence-corrected chi connectivity index (χ3v) is 6.32. The molecule has 2 aliphatic rings. The van der Waals surface area contributed by atoms with Gasteiger partial charge in [-0.2, -0.15) is 0 Å². The van der Waals surface area contributed by atoms with Crippen molar-refractivity contribution in [1.29, 1.82) is 0 Å². The van der Waals surface area contributed by atoms with Gasteiger partial charge in [-0.25, -0.2) is 4.39 Å². The standard InChI is InChI=1S/C21H29FN4O/c1-13-18-9-14(22)7-8-19(18)27-20(13)12-24-21(23-2)25-15-10-16-5-4-6-17(11-15)26(16)3/h7-9,15-17H,4-6,10-12H2,1-3H3,(H2,23,24,25). The number of rotatable bonds is 3. The Morgan fingerprint density at radius 1 is 1.30 bits per heavy atom. The van der Waals surface area contributed by atoms with Crippen LogP contribution in [0.15, 0.2) is 27.6 Å². The van der Waals surface area contributed by atoms with E-state index in [1.54, 1.807) is 13.1 Å². The van der Waals surface area contributed by atoms with Crippen LogP contribution in [-0.2, 0) is 6.54 Å². The molecule has 27 heavy (non-hydrogen) atoms. The second-order valence-electron chi connectivity index (χ2n) is 7.93. The molecule has 3 heterocycles. The fourth-order valence-electron chi connectivity index (χ4n) is 4.70. The summed E-state index contributed by atoms with van der Waals surface area (Å²) in [5, 5.41) is 7.79. The summed E-state index contributed by atoms with van der Waals surface area (Å²) in [5.74, 6) is 1.38. The van der Waals surface area contributed by atoms with Gasteiger partial charge < -0.3 is 20.0 Å². The predicted octanol–water partition coefficient (Wildman–Crippen LogP) is 3.56. The number of hydrogen-bond acceptors (Lipinski definition) is 3. The Labute approximate surface area is 160 Å². The van der Waals surface area contributed by atoms with Crippen LogP contribution in [0, 0.1) is 12.7 Å². The van der Waals surface area contributed by atoms with Crippen molar-refractivity contribution in [2.45, 2.75) is 63.7 Å². The maximum atomic E-state index is 13.5. The number of fused-ring (bicyclic) bond motifs is 3. The number of guanidine groups is 1. The summed E-state index contributed by atoms with van der Waals surface area (Å²) >= 11 is 0. The van der Waals surface area contributed by atoms with Gasteiger partial charge in [-0.15, -0.1) is 0 Å². The van der Waals surface area contributed by atoms with Gasteiger partial charge >= 0.3 is 0 Å². The number of benzene rings is 1. The molecule has 2 saturated heterocycles. The molecule has 0 amide bonds. The van der Waals surface area contributed by atoms with Gasteiger partial charge in [-0.1, -0.05) is 6.42 Å². The molecule has 2 bridgehead atoms. The van der Waals surface area contributed by atoms with Crippen LogP contribution < -0.4 is 10.6 Å². The van der Waals surface area contributed by atoms with Gasteiger partial charge in [-0.3, -0.25) is 4.99 Å². The lowest BCUT2D eigenvalue weighted by Gasteiger charge is -2.47. The molecule has 4 rings (SSSR count). The second kappa shape index (κ2) is 7.50. The minimum Gasteiger partial charge on any atom is -0.459 e. The van der Waals surface area contributed by atoms with Crippen molar-refractivity contribution in [2.75, 3.05) is 14.1 Å². The largest absolute Gasteiger partial charge is 0.459 e. The predicted molar refractivity (Wildman–Crippen MR) is 106 cm³/mol. The molecule has 1 aromatic heterocycles. The third kappa shape index (κ3) is 3.68. The quantitative estimate of drug-likeness (QED) is 0.639. The maximum Gasteiger partial charge on any atom is 0.191 e. The fraction of sp³-hybridized carbons (Fsp3) is 0.571. The molecule has 2 fully saturated rings. The lowest BCUT2D eigenvalue weighted by molar-refractivity contribution is 0.0526. The summed E-state index contributed by atoms with van der Waals surface area (Å²) in [6.07, 6.45) is 6.27. The number of halogens is 1. The van der Waals surface area contributed by atoms with E-state index in [-0.39, 0.29) is 5.82 Å². The van der Waals surface area contributed by atoms with Crippen molar-refractivity contribution in [1.82, 2.24) is 15.5 Å². The number of furan rings is 1. The molecule has 146 valence electrons. The molecule has 2 aromatic rings. The van der Waals surface area contributed by atoms with Crippen LogP contribution in [0.3, 0.4) is 0 Å². The molecule has 1 aromatic carbocycles. The second-order valence-corrected chi connectivity index (χ2v) is 7.93. The van der Waals surface area contributed by atoms with Crippen LogP contribution in [-0.4, -0.2) is 43.1 Å². The number of piperidine rings is 2. The Morgan fingerprint density at radius 3 is 2.74 bits per heavy atom. The highest BCUT2D eigenvalue weighted by molar-refractivity contribution is 5.83. The molecule has 0 spiro atoms. The summed E-state index contributed by atoms with van der Waals surface area (Å²) in [5.41, 5.74) is 1.69. The van der Waals surface area contributed by atoms with E-state index in [0.717, 1.165) is 41.1 Å². The molecule has 5 nitrogen and oxygen atoms in total. The van der Waals surface area contributed by atoms with Crippen molar-refractivity contribution in [3.8, 4) is 0 Å². The molecule has 2 atom stereocenters. The minimum absolute atomic E-state index is 0.240. The first-order valence-corrected chi connectivity index (χ1v) is 9.91. The number of aryl methyl sites for hydroxylation is 1. The summed E-state index contributed by atoms with van der Waals surface area (Å²) < 4.78 is 19.4. The average molecular weight is 372 g/mol. The van der Waals surface area contributed by atoms with Gasteiger partial charge in [0.2, 0.25) is 0 Å². The summed E-state index contributed by atoms with van der Waals surface area (Å²) in [7, 11) is 4.07. The van der Waals surface area contributed by atoms with E-state index >= 15 is 0 Å². The average Bonchev–Trinajstić information content (AvgIpc) is 2.95. The number of nitrogens with one attached hydrogen (secondary N) is 2. The Balaban J connectivity index is 1.39. The smallest absolute Gasteiger partial charge is 0.191 e. The van der Waals surface area contributed by atoms with Gasteiger partial charge in [0.25, 0.3) is 0 Å². The number of hydrogen-bond donors (Lipinski definition) is 2. The van der Waals surface area contributed by atoms with Crippen LogP contribution in [0.25, 0.3) is 11.0 Å². The van der Waals surface area contributed by atoms with E-state index < -0.39 is 0 Å². The maximum absolute atomic E-state index is 13.5. The molecule has 2 aliphatic heterocycles. The van der Waals surface area contributed by atoms with E-state index in [2.05, 4.69) is 27.6 Å². The third-order valence-electron chi connectivity index (χ3n) is 6.32. The van der Waals surface area contributed by atoms with E-state index in [1.807, 2.05) is 6.92 Å². The van der Waals surface area contributed by atoms with E-state index in [4.69, 9.17) is 4.42 Å². The highest BCUT2D eigenvalue weighted by Crippen LogP contribution is 2.32. The summed E-state index contributed by atoms with van der Waals surface area (Å²) in [6.45, 7) is 2.50. The topological polar surface area (TPSA) is 52.8 Å². The van der Waals surface area contributed by atoms with E-state index in [1.165, 1.54) is 31.4 Å². The fourth-order valence-corrected chi connectivity index (χ4v) is 4.70. The summed E-state index contributed by atoms with van der Waals surface area (Å²) in [6, 6.07) is 6.46. The molecule has 0 aliphatic carbocycles. The first kappa shape index (κ1) is 18.3. The van der Waals surface area contributed by atoms with Crippen LogP contribution in [0.2, 0.25) is 0 Å². The van der Waals surface area contributed by atoms with Crippen LogP contribution in [0.4, 0.5) is 4.39 Å². The highest BCUT2D eigenvalue weighted by Gasteiger charge is 2.36. The van der Waals surface area contributed by atoms with E-state index in [9.17, 15) is 4.39 Å². The van der Waals surface area contributed by atoms with Gasteiger partial charge in [0.1, 0.15) is 17.2 Å². The Bertz CT molecular complexity index is 832. The first-order valence-electron chi connectivity index (χ1n) is 9.91. The van der Waals surface area contributed by atoms with Crippen LogP contribution in [0.1, 0.15) is 43.4 Å². The molecular formula is C21H29FN4O. The van der Waals surface area contributed by atoms with E-state index in [0.29, 0.717) is 24.7 Å². The molecular weight excluding hydrogens is 343 g/mol. The minimum atomic E-state index is -0.240. The Hall–Kier alpha value is -2.08. The summed E-state index contributed by atoms with van der Waals surface area (Å²) in [4.78, 5) is 6.95. The zero-order valence-electron chi connectivity index (χ0n) is 16.4. The zero-order valence-corrected chi connectivity index (χ0v) is 16.4. The van der Waals surface area contributed by atoms with Crippen LogP contribution in [0.5, 0.6) is 0 Å². The molecule has 6 heteroatoms. The van der Waals surface area contributed by atoms with Crippen molar-refractivity contribution < 1.29 is 8.81 Å². The molecule has 0 saturated carbocycles. The number of aliphatic imine (C=N–C) groups is 1. The molecule has 2 N–H and O–H groups in total. The van der Waals surface area contributed by atoms with Gasteiger partial charge in [0, 0.05) is 36.1 Å². The number of nitrogens with zero attached hydrogens (tertiary/aromatic N) is 2. The SMILES string of the molecule is CN=C(NCc1oc2ccc(F)cc2c1C)NC1CC2CCCC(C1)N2C. The van der Waals surface area contributed by atoms with Gasteiger partial charge in [0.05, 0.1) is 6.54 Å². The van der Waals surface area contributed by atoms with Crippen molar-refractivity contribution >= 4 is 16.9 Å². The molecule has 0 radical (unpaired) electrons. The van der Waals surface area contributed by atoms with Crippen molar-refractivity contribution in [3.05, 3.63) is 35.3 Å². The van der Waals surface area contributed by atoms with Gasteiger partial charge in [0.15, 0.2) is 5.96 Å². The zero-order chi connectivity index (χ0) is 19.0.